The summed E-state index contributed by atoms with van der Waals surface area (Å²) in [6, 6.07) is 9.21. The van der Waals surface area contributed by atoms with Gasteiger partial charge in [0, 0.05) is 30.4 Å². The molecule has 8 heteroatoms. The number of hydrogen-bond acceptors (Lipinski definition) is 2. The Morgan fingerprint density at radius 2 is 1.96 bits per heavy atom. The van der Waals surface area contributed by atoms with Crippen molar-refractivity contribution >= 4 is 23.0 Å². The Bertz CT molecular complexity index is 779. The molecule has 1 aromatic carbocycles. The van der Waals surface area contributed by atoms with Crippen LogP contribution < -0.4 is 10.6 Å². The van der Waals surface area contributed by atoms with Gasteiger partial charge in [-0.1, -0.05) is 19.1 Å². The molecule has 1 saturated carbocycles. The zero-order chi connectivity index (χ0) is 19.4. The van der Waals surface area contributed by atoms with E-state index in [1.54, 1.807) is 0 Å². The van der Waals surface area contributed by atoms with Crippen LogP contribution in [0.1, 0.15) is 49.1 Å². The smallest absolute Gasteiger partial charge is 0.362 e. The molecule has 1 aromatic heterocycles. The van der Waals surface area contributed by atoms with Crippen molar-refractivity contribution in [2.24, 2.45) is 0 Å². The monoisotopic (exact) mass is 396 g/mol. The van der Waals surface area contributed by atoms with Gasteiger partial charge in [-0.3, -0.25) is 4.68 Å². The maximum absolute atomic E-state index is 12.9. The second kappa shape index (κ2) is 8.29. The summed E-state index contributed by atoms with van der Waals surface area (Å²) in [5, 5.41) is 10.5. The molecular weight excluding hydrogens is 373 g/mol. The Labute approximate surface area is 162 Å². The fourth-order valence-corrected chi connectivity index (χ4v) is 3.11. The molecule has 0 unspecified atom stereocenters. The Hall–Kier alpha value is -2.09. The van der Waals surface area contributed by atoms with Gasteiger partial charge in [-0.25, -0.2) is 0 Å². The molecule has 0 radical (unpaired) electrons. The molecule has 1 aliphatic rings. The molecule has 2 aromatic rings. The first-order chi connectivity index (χ1) is 12.9. The van der Waals surface area contributed by atoms with E-state index in [1.165, 1.54) is 16.3 Å². The van der Waals surface area contributed by atoms with Crippen molar-refractivity contribution in [3.8, 4) is 0 Å². The van der Waals surface area contributed by atoms with Crippen LogP contribution in [0.4, 0.5) is 18.9 Å². The van der Waals surface area contributed by atoms with Gasteiger partial charge in [0.1, 0.15) is 0 Å². The van der Waals surface area contributed by atoms with Gasteiger partial charge in [0.2, 0.25) is 0 Å². The number of alkyl halides is 3. The van der Waals surface area contributed by atoms with E-state index in [0.29, 0.717) is 30.3 Å². The quantitative estimate of drug-likeness (QED) is 0.525. The first kappa shape index (κ1) is 19.7. The van der Waals surface area contributed by atoms with Crippen LogP contribution in [-0.4, -0.2) is 21.4 Å². The Morgan fingerprint density at radius 1 is 1.26 bits per heavy atom. The summed E-state index contributed by atoms with van der Waals surface area (Å²) < 4.78 is 40.2. The summed E-state index contributed by atoms with van der Waals surface area (Å²) in [5.41, 5.74) is 2.05. The number of nitrogens with zero attached hydrogens (tertiary/aromatic N) is 2. The predicted molar refractivity (Wildman–Crippen MR) is 104 cm³/mol. The summed E-state index contributed by atoms with van der Waals surface area (Å²) >= 11 is 5.26. The lowest BCUT2D eigenvalue weighted by Gasteiger charge is -2.12. The molecule has 0 saturated heterocycles. The van der Waals surface area contributed by atoms with Crippen molar-refractivity contribution in [3.63, 3.8) is 0 Å². The van der Waals surface area contributed by atoms with Gasteiger partial charge in [-0.05, 0) is 61.7 Å². The lowest BCUT2D eigenvalue weighted by molar-refractivity contribution is -0.141. The van der Waals surface area contributed by atoms with Gasteiger partial charge in [0.05, 0.1) is 0 Å². The Morgan fingerprint density at radius 3 is 2.56 bits per heavy atom. The third kappa shape index (κ3) is 5.45. The molecule has 27 heavy (non-hydrogen) atoms. The van der Waals surface area contributed by atoms with E-state index >= 15 is 0 Å². The average molecular weight is 396 g/mol. The van der Waals surface area contributed by atoms with Gasteiger partial charge >= 0.3 is 6.18 Å². The minimum absolute atomic E-state index is 0.218. The van der Waals surface area contributed by atoms with Crippen molar-refractivity contribution in [1.29, 1.82) is 0 Å². The Kier molecular flexibility index (Phi) is 6.04. The lowest BCUT2D eigenvalue weighted by Crippen LogP contribution is -2.29. The molecule has 146 valence electrons. The zero-order valence-electron chi connectivity index (χ0n) is 15.1. The molecule has 2 N–H and O–H groups in total. The van der Waals surface area contributed by atoms with Crippen LogP contribution in [0.2, 0.25) is 0 Å². The standard InChI is InChI=1S/C19H23F3N4S/c1-2-13-4-8-15(9-5-13)24-18(27)23-10-3-11-26-16(14-6-7-14)12-17(25-26)19(20,21)22/h4-5,8-9,12,14H,2-3,6-7,10-11H2,1H3,(H2,23,24,27). The molecule has 1 fully saturated rings. The number of aryl methyl sites for hydroxylation is 2. The van der Waals surface area contributed by atoms with Crippen LogP contribution in [-0.2, 0) is 19.1 Å². The zero-order valence-corrected chi connectivity index (χ0v) is 16.0. The largest absolute Gasteiger partial charge is 0.435 e. The fourth-order valence-electron chi connectivity index (χ4n) is 2.89. The van der Waals surface area contributed by atoms with Crippen molar-refractivity contribution in [2.75, 3.05) is 11.9 Å². The normalized spacial score (nSPS) is 14.2. The van der Waals surface area contributed by atoms with Crippen LogP contribution in [0, 0.1) is 0 Å². The summed E-state index contributed by atoms with van der Waals surface area (Å²) in [6.07, 6.45) is -0.908. The first-order valence-electron chi connectivity index (χ1n) is 9.15. The summed E-state index contributed by atoms with van der Waals surface area (Å²) in [7, 11) is 0. The number of aromatic nitrogens is 2. The van der Waals surface area contributed by atoms with Crippen LogP contribution >= 0.6 is 12.2 Å². The number of benzene rings is 1. The van der Waals surface area contributed by atoms with Gasteiger partial charge in [0.25, 0.3) is 0 Å². The van der Waals surface area contributed by atoms with E-state index in [4.69, 9.17) is 12.2 Å². The van der Waals surface area contributed by atoms with E-state index in [9.17, 15) is 13.2 Å². The van der Waals surface area contributed by atoms with E-state index in [-0.39, 0.29) is 5.92 Å². The highest BCUT2D eigenvalue weighted by Crippen LogP contribution is 2.42. The minimum atomic E-state index is -4.40. The van der Waals surface area contributed by atoms with Crippen LogP contribution in [0.15, 0.2) is 30.3 Å². The van der Waals surface area contributed by atoms with Crippen molar-refractivity contribution < 1.29 is 13.2 Å². The molecule has 0 aliphatic heterocycles. The van der Waals surface area contributed by atoms with Crippen molar-refractivity contribution in [3.05, 3.63) is 47.3 Å². The third-order valence-corrected chi connectivity index (χ3v) is 4.80. The number of hydrogen-bond donors (Lipinski definition) is 2. The van der Waals surface area contributed by atoms with E-state index in [2.05, 4.69) is 22.7 Å². The molecule has 0 amide bonds. The molecule has 3 rings (SSSR count). The van der Waals surface area contributed by atoms with Crippen LogP contribution in [0.25, 0.3) is 0 Å². The SMILES string of the molecule is CCc1ccc(NC(=S)NCCCn2nc(C(F)(F)F)cc2C2CC2)cc1. The van der Waals surface area contributed by atoms with Gasteiger partial charge in [0.15, 0.2) is 10.8 Å². The fraction of sp³-hybridized carbons (Fsp3) is 0.474. The summed E-state index contributed by atoms with van der Waals surface area (Å²) in [4.78, 5) is 0. The average Bonchev–Trinajstić information content (AvgIpc) is 3.38. The maximum atomic E-state index is 12.9. The van der Waals surface area contributed by atoms with Gasteiger partial charge in [-0.2, -0.15) is 18.3 Å². The van der Waals surface area contributed by atoms with Crippen LogP contribution in [0.5, 0.6) is 0 Å². The lowest BCUT2D eigenvalue weighted by atomic mass is 10.1. The second-order valence-corrected chi connectivity index (χ2v) is 7.14. The topological polar surface area (TPSA) is 41.9 Å². The second-order valence-electron chi connectivity index (χ2n) is 6.73. The number of rotatable bonds is 7. The predicted octanol–water partition coefficient (Wildman–Crippen LogP) is 4.72. The molecule has 1 aliphatic carbocycles. The van der Waals surface area contributed by atoms with E-state index < -0.39 is 11.9 Å². The highest BCUT2D eigenvalue weighted by molar-refractivity contribution is 7.80. The Balaban J connectivity index is 1.47. The highest BCUT2D eigenvalue weighted by Gasteiger charge is 2.37. The summed E-state index contributed by atoms with van der Waals surface area (Å²) in [5.74, 6) is 0.218. The minimum Gasteiger partial charge on any atom is -0.362 e. The molecule has 4 nitrogen and oxygen atoms in total. The number of thiocarbonyl (C=S) groups is 1. The number of halogens is 3. The molecule has 0 atom stereocenters. The molecular formula is C19H23F3N4S. The third-order valence-electron chi connectivity index (χ3n) is 4.55. The summed E-state index contributed by atoms with van der Waals surface area (Å²) in [6.45, 7) is 3.09. The van der Waals surface area contributed by atoms with E-state index in [0.717, 1.165) is 24.9 Å². The number of nitrogens with one attached hydrogen (secondary N) is 2. The van der Waals surface area contributed by atoms with Crippen LogP contribution in [0.3, 0.4) is 0 Å². The number of anilines is 1. The maximum Gasteiger partial charge on any atom is 0.435 e. The van der Waals surface area contributed by atoms with Gasteiger partial charge < -0.3 is 10.6 Å². The highest BCUT2D eigenvalue weighted by atomic mass is 32.1. The van der Waals surface area contributed by atoms with Crippen molar-refractivity contribution in [1.82, 2.24) is 15.1 Å². The molecule has 1 heterocycles. The van der Waals surface area contributed by atoms with Crippen molar-refractivity contribution in [2.45, 2.75) is 51.2 Å². The molecule has 0 bridgehead atoms. The van der Waals surface area contributed by atoms with E-state index in [1.807, 2.05) is 24.3 Å². The molecule has 0 spiro atoms. The van der Waals surface area contributed by atoms with Gasteiger partial charge in [-0.15, -0.1) is 0 Å². The first-order valence-corrected chi connectivity index (χ1v) is 9.56.